The van der Waals surface area contributed by atoms with Crippen LogP contribution in [0.25, 0.3) is 0 Å². The van der Waals surface area contributed by atoms with Crippen LogP contribution in [0, 0.1) is 5.92 Å². The lowest BCUT2D eigenvalue weighted by molar-refractivity contribution is -0.139. The minimum atomic E-state index is -0.539. The van der Waals surface area contributed by atoms with Crippen LogP contribution in [0.4, 0.5) is 9.59 Å². The van der Waals surface area contributed by atoms with E-state index in [1.807, 2.05) is 34.6 Å². The van der Waals surface area contributed by atoms with Crippen LogP contribution >= 0.6 is 0 Å². The summed E-state index contributed by atoms with van der Waals surface area (Å²) >= 11 is 0. The molecule has 0 aromatic heterocycles. The molecule has 2 aliphatic rings. The molecule has 2 heterocycles. The van der Waals surface area contributed by atoms with E-state index in [2.05, 4.69) is 15.5 Å². The number of carbonyl (C=O) groups is 3. The summed E-state index contributed by atoms with van der Waals surface area (Å²) in [6.07, 6.45) is 1.70. The van der Waals surface area contributed by atoms with Crippen LogP contribution in [0.15, 0.2) is 11.3 Å². The maximum atomic E-state index is 12.7. The van der Waals surface area contributed by atoms with E-state index < -0.39 is 17.6 Å². The number of hydrogen-bond donors (Lipinski definition) is 2. The van der Waals surface area contributed by atoms with Gasteiger partial charge in [-0.05, 0) is 73.8 Å². The van der Waals surface area contributed by atoms with Crippen molar-refractivity contribution in [3.63, 3.8) is 0 Å². The third-order valence-corrected chi connectivity index (χ3v) is 5.56. The molecule has 0 radical (unpaired) electrons. The highest BCUT2D eigenvalue weighted by atomic mass is 16.6. The predicted molar refractivity (Wildman–Crippen MR) is 122 cm³/mol. The van der Waals surface area contributed by atoms with E-state index in [-0.39, 0.29) is 30.7 Å². The molecule has 0 aliphatic carbocycles. The van der Waals surface area contributed by atoms with Crippen molar-refractivity contribution in [1.82, 2.24) is 20.4 Å². The third kappa shape index (κ3) is 7.39. The number of carbonyl (C=O) groups excluding carboxylic acids is 3. The Morgan fingerprint density at radius 2 is 1.97 bits per heavy atom. The Hall–Kier alpha value is -2.29. The van der Waals surface area contributed by atoms with Gasteiger partial charge in [-0.25, -0.2) is 14.4 Å². The number of rotatable bonds is 7. The van der Waals surface area contributed by atoms with Crippen molar-refractivity contribution in [2.75, 3.05) is 32.8 Å². The van der Waals surface area contributed by atoms with E-state index in [1.165, 1.54) is 0 Å². The molecule has 0 bridgehead atoms. The molecule has 2 unspecified atom stereocenters. The zero-order valence-corrected chi connectivity index (χ0v) is 20.6. The molecule has 0 aromatic rings. The fourth-order valence-electron chi connectivity index (χ4n) is 4.17. The van der Waals surface area contributed by atoms with Crippen LogP contribution in [0.1, 0.15) is 61.3 Å². The van der Waals surface area contributed by atoms with Crippen LogP contribution < -0.4 is 10.6 Å². The molecule has 182 valence electrons. The van der Waals surface area contributed by atoms with Gasteiger partial charge in [0, 0.05) is 31.4 Å². The SMILES string of the molecule is CCOC(=O)C1=C(CN2CCCC(CN(C(=O)OC(C)(C)C)C(C)C)C2)NC(=O)NC1C. The van der Waals surface area contributed by atoms with Gasteiger partial charge in [-0.3, -0.25) is 4.90 Å². The molecule has 32 heavy (non-hydrogen) atoms. The molecule has 2 N–H and O–H groups in total. The molecule has 1 saturated heterocycles. The van der Waals surface area contributed by atoms with Gasteiger partial charge >= 0.3 is 18.1 Å². The van der Waals surface area contributed by atoms with E-state index in [0.717, 1.165) is 25.9 Å². The van der Waals surface area contributed by atoms with E-state index in [4.69, 9.17) is 9.47 Å². The van der Waals surface area contributed by atoms with Crippen molar-refractivity contribution in [2.45, 2.75) is 79.0 Å². The van der Waals surface area contributed by atoms with Gasteiger partial charge in [0.15, 0.2) is 0 Å². The van der Waals surface area contributed by atoms with Crippen LogP contribution in [-0.2, 0) is 14.3 Å². The number of urea groups is 1. The zero-order chi connectivity index (χ0) is 24.1. The Morgan fingerprint density at radius 3 is 2.56 bits per heavy atom. The summed E-state index contributed by atoms with van der Waals surface area (Å²) in [5.41, 5.74) is 0.516. The molecule has 2 rings (SSSR count). The van der Waals surface area contributed by atoms with Crippen molar-refractivity contribution in [3.05, 3.63) is 11.3 Å². The fourth-order valence-corrected chi connectivity index (χ4v) is 4.17. The maximum absolute atomic E-state index is 12.7. The second-order valence-electron chi connectivity index (χ2n) is 9.90. The number of likely N-dealkylation sites (tertiary alicyclic amines) is 1. The van der Waals surface area contributed by atoms with Crippen molar-refractivity contribution < 1.29 is 23.9 Å². The van der Waals surface area contributed by atoms with E-state index in [9.17, 15) is 14.4 Å². The Bertz CT molecular complexity index is 728. The standard InChI is InChI=1S/C23H40N4O5/c1-8-31-20(28)19-16(4)24-21(29)25-18(19)14-26-11-9-10-17(12-26)13-27(15(2)3)22(30)32-23(5,6)7/h15-17H,8-14H2,1-7H3,(H2,24,25,29). The Labute approximate surface area is 191 Å². The van der Waals surface area contributed by atoms with Crippen molar-refractivity contribution in [3.8, 4) is 0 Å². The molecule has 0 aromatic carbocycles. The predicted octanol–water partition coefficient (Wildman–Crippen LogP) is 2.86. The van der Waals surface area contributed by atoms with E-state index in [1.54, 1.807) is 18.7 Å². The summed E-state index contributed by atoms with van der Waals surface area (Å²) in [4.78, 5) is 41.3. The summed E-state index contributed by atoms with van der Waals surface area (Å²) in [5.74, 6) is -0.132. The molecular formula is C23H40N4O5. The Kier molecular flexibility index (Phi) is 8.95. The van der Waals surface area contributed by atoms with Gasteiger partial charge in [0.1, 0.15) is 5.60 Å². The van der Waals surface area contributed by atoms with Crippen molar-refractivity contribution in [1.29, 1.82) is 0 Å². The van der Waals surface area contributed by atoms with E-state index >= 15 is 0 Å². The summed E-state index contributed by atoms with van der Waals surface area (Å²) in [6, 6.07) is -0.699. The number of esters is 1. The lowest BCUT2D eigenvalue weighted by Crippen LogP contribution is -2.52. The van der Waals surface area contributed by atoms with Crippen molar-refractivity contribution >= 4 is 18.1 Å². The number of ether oxygens (including phenoxy) is 2. The summed E-state index contributed by atoms with van der Waals surface area (Å²) in [6.45, 7) is 16.1. The number of hydrogen-bond acceptors (Lipinski definition) is 6. The number of amides is 3. The van der Waals surface area contributed by atoms with Gasteiger partial charge in [0.2, 0.25) is 0 Å². The quantitative estimate of drug-likeness (QED) is 0.576. The maximum Gasteiger partial charge on any atom is 0.410 e. The molecule has 2 atom stereocenters. The Morgan fingerprint density at radius 1 is 1.28 bits per heavy atom. The van der Waals surface area contributed by atoms with Crippen molar-refractivity contribution in [2.24, 2.45) is 5.92 Å². The largest absolute Gasteiger partial charge is 0.463 e. The molecular weight excluding hydrogens is 412 g/mol. The molecule has 1 fully saturated rings. The Balaban J connectivity index is 2.10. The molecule has 0 spiro atoms. The number of piperidine rings is 1. The summed E-state index contributed by atoms with van der Waals surface area (Å²) in [7, 11) is 0. The molecule has 2 aliphatic heterocycles. The first-order valence-electron chi connectivity index (χ1n) is 11.6. The first kappa shape index (κ1) is 26.0. The smallest absolute Gasteiger partial charge is 0.410 e. The summed E-state index contributed by atoms with van der Waals surface area (Å²) < 4.78 is 10.8. The molecule has 0 saturated carbocycles. The monoisotopic (exact) mass is 452 g/mol. The zero-order valence-electron chi connectivity index (χ0n) is 20.6. The van der Waals surface area contributed by atoms with Gasteiger partial charge in [0.05, 0.1) is 18.2 Å². The number of nitrogens with one attached hydrogen (secondary N) is 2. The first-order valence-corrected chi connectivity index (χ1v) is 11.6. The van der Waals surface area contributed by atoms with Crippen LogP contribution in [0.2, 0.25) is 0 Å². The lowest BCUT2D eigenvalue weighted by Gasteiger charge is -2.38. The highest BCUT2D eigenvalue weighted by molar-refractivity contribution is 5.94. The second-order valence-corrected chi connectivity index (χ2v) is 9.90. The highest BCUT2D eigenvalue weighted by Crippen LogP contribution is 2.23. The van der Waals surface area contributed by atoms with Gasteiger partial charge in [-0.2, -0.15) is 0 Å². The van der Waals surface area contributed by atoms with E-state index in [0.29, 0.717) is 24.4 Å². The molecule has 3 amide bonds. The lowest BCUT2D eigenvalue weighted by atomic mass is 9.96. The first-order chi connectivity index (χ1) is 14.9. The topological polar surface area (TPSA) is 100 Å². The fraction of sp³-hybridized carbons (Fsp3) is 0.783. The van der Waals surface area contributed by atoms with Gasteiger partial charge in [-0.1, -0.05) is 0 Å². The average Bonchev–Trinajstić information content (AvgIpc) is 2.64. The molecule has 9 heteroatoms. The molecule has 9 nitrogen and oxygen atoms in total. The number of nitrogens with zero attached hydrogens (tertiary/aromatic N) is 2. The normalized spacial score (nSPS) is 22.3. The van der Waals surface area contributed by atoms with Crippen LogP contribution in [0.5, 0.6) is 0 Å². The van der Waals surface area contributed by atoms with Gasteiger partial charge < -0.3 is 25.0 Å². The summed E-state index contributed by atoms with van der Waals surface area (Å²) in [5, 5.41) is 5.53. The minimum absolute atomic E-state index is 0.0305. The minimum Gasteiger partial charge on any atom is -0.463 e. The third-order valence-electron chi connectivity index (χ3n) is 5.56. The highest BCUT2D eigenvalue weighted by Gasteiger charge is 2.33. The van der Waals surface area contributed by atoms with Crippen LogP contribution in [-0.4, -0.2) is 78.4 Å². The van der Waals surface area contributed by atoms with Crippen LogP contribution in [0.3, 0.4) is 0 Å². The average molecular weight is 453 g/mol. The van der Waals surface area contributed by atoms with Gasteiger partial charge in [-0.15, -0.1) is 0 Å². The van der Waals surface area contributed by atoms with Gasteiger partial charge in [0.25, 0.3) is 0 Å². The second kappa shape index (κ2) is 11.0.